The summed E-state index contributed by atoms with van der Waals surface area (Å²) in [6.07, 6.45) is 2.05. The number of rotatable bonds is 5. The summed E-state index contributed by atoms with van der Waals surface area (Å²) in [4.78, 5) is 0.261. The molecule has 0 fully saturated rings. The highest BCUT2D eigenvalue weighted by Crippen LogP contribution is 2.30. The lowest BCUT2D eigenvalue weighted by Crippen LogP contribution is -2.10. The van der Waals surface area contributed by atoms with Gasteiger partial charge in [0.25, 0.3) is 0 Å². The smallest absolute Gasteiger partial charge is 0.175 e. The maximum absolute atomic E-state index is 11.7. The van der Waals surface area contributed by atoms with Gasteiger partial charge in [0.1, 0.15) is 0 Å². The van der Waals surface area contributed by atoms with E-state index in [-0.39, 0.29) is 10.9 Å². The van der Waals surface area contributed by atoms with Gasteiger partial charge in [-0.3, -0.25) is 0 Å². The highest BCUT2D eigenvalue weighted by atomic mass is 35.5. The molecule has 21 heavy (non-hydrogen) atoms. The van der Waals surface area contributed by atoms with E-state index in [0.29, 0.717) is 10.7 Å². The number of nitrogens with one attached hydrogen (secondary N) is 1. The highest BCUT2D eigenvalue weighted by Gasteiger charge is 2.14. The normalized spacial score (nSPS) is 12.9. The fraction of sp³-hybridized carbons (Fsp3) is 0.250. The predicted octanol–water partition coefficient (Wildman–Crippen LogP) is 4.31. The minimum atomic E-state index is -3.25. The molecular formula is C16H18ClNO2S. The van der Waals surface area contributed by atoms with Gasteiger partial charge in [0.05, 0.1) is 21.6 Å². The molecule has 112 valence electrons. The van der Waals surface area contributed by atoms with Crippen LogP contribution in [0.4, 0.5) is 5.69 Å². The van der Waals surface area contributed by atoms with Crippen LogP contribution in [0.3, 0.4) is 0 Å². The van der Waals surface area contributed by atoms with Crippen LogP contribution in [-0.4, -0.2) is 14.7 Å². The third-order valence-electron chi connectivity index (χ3n) is 3.31. The average Bonchev–Trinajstić information content (AvgIpc) is 2.46. The number of benzene rings is 2. The van der Waals surface area contributed by atoms with E-state index in [4.69, 9.17) is 11.6 Å². The molecule has 0 spiro atoms. The van der Waals surface area contributed by atoms with Gasteiger partial charge in [-0.2, -0.15) is 0 Å². The summed E-state index contributed by atoms with van der Waals surface area (Å²) in [5.74, 6) is 0. The Bertz CT molecular complexity index is 714. The molecule has 0 heterocycles. The van der Waals surface area contributed by atoms with Crippen LogP contribution in [0.25, 0.3) is 0 Å². The fourth-order valence-electron chi connectivity index (χ4n) is 2.14. The van der Waals surface area contributed by atoms with Crippen LogP contribution in [0.15, 0.2) is 53.4 Å². The van der Waals surface area contributed by atoms with Gasteiger partial charge in [0.2, 0.25) is 0 Å². The third kappa shape index (κ3) is 3.99. The Kier molecular flexibility index (Phi) is 4.91. The number of hydrogen-bond acceptors (Lipinski definition) is 3. The van der Waals surface area contributed by atoms with Crippen molar-refractivity contribution < 1.29 is 8.42 Å². The summed E-state index contributed by atoms with van der Waals surface area (Å²) < 4.78 is 23.3. The summed E-state index contributed by atoms with van der Waals surface area (Å²) >= 11 is 6.18. The molecule has 0 amide bonds. The zero-order valence-electron chi connectivity index (χ0n) is 12.0. The van der Waals surface area contributed by atoms with Crippen LogP contribution >= 0.6 is 11.6 Å². The molecule has 0 saturated carbocycles. The van der Waals surface area contributed by atoms with Crippen molar-refractivity contribution in [3.63, 3.8) is 0 Å². The lowest BCUT2D eigenvalue weighted by atomic mass is 10.0. The predicted molar refractivity (Wildman–Crippen MR) is 87.7 cm³/mol. The maximum Gasteiger partial charge on any atom is 0.175 e. The second-order valence-electron chi connectivity index (χ2n) is 4.93. The first kappa shape index (κ1) is 15.9. The topological polar surface area (TPSA) is 46.2 Å². The van der Waals surface area contributed by atoms with E-state index in [9.17, 15) is 8.42 Å². The minimum Gasteiger partial charge on any atom is -0.377 e. The second kappa shape index (κ2) is 6.50. The first-order chi connectivity index (χ1) is 9.91. The average molecular weight is 324 g/mol. The zero-order chi connectivity index (χ0) is 15.5. The molecule has 1 atom stereocenters. The van der Waals surface area contributed by atoms with Gasteiger partial charge < -0.3 is 5.32 Å². The molecule has 0 aliphatic heterocycles. The van der Waals surface area contributed by atoms with E-state index < -0.39 is 9.84 Å². The van der Waals surface area contributed by atoms with Gasteiger partial charge in [-0.15, -0.1) is 0 Å². The van der Waals surface area contributed by atoms with Gasteiger partial charge in [-0.25, -0.2) is 8.42 Å². The number of hydrogen-bond donors (Lipinski definition) is 1. The van der Waals surface area contributed by atoms with Crippen molar-refractivity contribution in [1.29, 1.82) is 0 Å². The van der Waals surface area contributed by atoms with Crippen LogP contribution in [0.5, 0.6) is 0 Å². The quantitative estimate of drug-likeness (QED) is 0.892. The standard InChI is InChI=1S/C16H18ClNO2S/c1-3-15(12-7-5-4-6-8-12)18-16-11-13(21(2,19)20)9-10-14(16)17/h4-11,15,18H,3H2,1-2H3. The molecule has 0 bridgehead atoms. The van der Waals surface area contributed by atoms with Crippen LogP contribution in [0.1, 0.15) is 24.9 Å². The Labute approximate surface area is 130 Å². The number of anilines is 1. The van der Waals surface area contributed by atoms with Gasteiger partial charge in [-0.05, 0) is 30.2 Å². The van der Waals surface area contributed by atoms with Crippen molar-refractivity contribution in [2.24, 2.45) is 0 Å². The molecular weight excluding hydrogens is 306 g/mol. The molecule has 5 heteroatoms. The SMILES string of the molecule is CCC(Nc1cc(S(C)(=O)=O)ccc1Cl)c1ccccc1. The van der Waals surface area contributed by atoms with Crippen LogP contribution in [-0.2, 0) is 9.84 Å². The van der Waals surface area contributed by atoms with Crippen molar-refractivity contribution in [3.8, 4) is 0 Å². The molecule has 0 aromatic heterocycles. The van der Waals surface area contributed by atoms with E-state index in [2.05, 4.69) is 12.2 Å². The third-order valence-corrected chi connectivity index (χ3v) is 4.75. The van der Waals surface area contributed by atoms with Crippen molar-refractivity contribution in [2.75, 3.05) is 11.6 Å². The zero-order valence-corrected chi connectivity index (χ0v) is 13.6. The van der Waals surface area contributed by atoms with Crippen molar-refractivity contribution in [1.82, 2.24) is 0 Å². The molecule has 0 saturated heterocycles. The van der Waals surface area contributed by atoms with E-state index in [1.54, 1.807) is 12.1 Å². The summed E-state index contributed by atoms with van der Waals surface area (Å²) in [5, 5.41) is 3.84. The summed E-state index contributed by atoms with van der Waals surface area (Å²) in [5.41, 5.74) is 1.77. The summed E-state index contributed by atoms with van der Waals surface area (Å²) in [7, 11) is -3.25. The Balaban J connectivity index is 2.34. The van der Waals surface area contributed by atoms with Crippen LogP contribution < -0.4 is 5.32 Å². The first-order valence-corrected chi connectivity index (χ1v) is 9.00. The fourth-order valence-corrected chi connectivity index (χ4v) is 2.96. The van der Waals surface area contributed by atoms with Gasteiger partial charge in [0, 0.05) is 6.26 Å². The maximum atomic E-state index is 11.7. The molecule has 1 unspecified atom stereocenters. The number of halogens is 1. The summed E-state index contributed by atoms with van der Waals surface area (Å²) in [6.45, 7) is 2.07. The first-order valence-electron chi connectivity index (χ1n) is 6.73. The molecule has 0 aliphatic carbocycles. The van der Waals surface area contributed by atoms with E-state index in [1.165, 1.54) is 12.3 Å². The summed E-state index contributed by atoms with van der Waals surface area (Å²) in [6, 6.07) is 14.8. The molecule has 1 N–H and O–H groups in total. The molecule has 0 radical (unpaired) electrons. The molecule has 2 aromatic rings. The van der Waals surface area contributed by atoms with Gasteiger partial charge in [0.15, 0.2) is 9.84 Å². The monoisotopic (exact) mass is 323 g/mol. The van der Waals surface area contributed by atoms with E-state index >= 15 is 0 Å². The lowest BCUT2D eigenvalue weighted by molar-refractivity contribution is 0.602. The Hall–Kier alpha value is -1.52. The van der Waals surface area contributed by atoms with Crippen molar-refractivity contribution in [2.45, 2.75) is 24.3 Å². The van der Waals surface area contributed by atoms with Crippen molar-refractivity contribution in [3.05, 3.63) is 59.1 Å². The second-order valence-corrected chi connectivity index (χ2v) is 7.35. The minimum absolute atomic E-state index is 0.0820. The van der Waals surface area contributed by atoms with E-state index in [1.807, 2.05) is 30.3 Å². The van der Waals surface area contributed by atoms with Crippen LogP contribution in [0, 0.1) is 0 Å². The van der Waals surface area contributed by atoms with Gasteiger partial charge >= 0.3 is 0 Å². The Morgan fingerprint density at radius 2 is 1.81 bits per heavy atom. The van der Waals surface area contributed by atoms with Crippen molar-refractivity contribution >= 4 is 27.1 Å². The Morgan fingerprint density at radius 1 is 1.14 bits per heavy atom. The molecule has 2 rings (SSSR count). The lowest BCUT2D eigenvalue weighted by Gasteiger charge is -2.20. The molecule has 3 nitrogen and oxygen atoms in total. The van der Waals surface area contributed by atoms with Crippen LogP contribution in [0.2, 0.25) is 5.02 Å². The number of sulfone groups is 1. The van der Waals surface area contributed by atoms with E-state index in [0.717, 1.165) is 12.0 Å². The molecule has 0 aliphatic rings. The highest BCUT2D eigenvalue weighted by molar-refractivity contribution is 7.90. The van der Waals surface area contributed by atoms with Gasteiger partial charge in [-0.1, -0.05) is 48.9 Å². The Morgan fingerprint density at radius 3 is 2.38 bits per heavy atom. The molecule has 2 aromatic carbocycles. The largest absolute Gasteiger partial charge is 0.377 e.